The van der Waals surface area contributed by atoms with E-state index in [-0.39, 0.29) is 29.4 Å². The van der Waals surface area contributed by atoms with Crippen LogP contribution >= 0.6 is 35.0 Å². The molecule has 0 fully saturated rings. The van der Waals surface area contributed by atoms with Crippen LogP contribution in [0.2, 0.25) is 10.0 Å². The first kappa shape index (κ1) is 26.4. The molecule has 0 spiro atoms. The maximum absolute atomic E-state index is 13.2. The molecule has 0 radical (unpaired) electrons. The molecule has 1 aromatic heterocycles. The number of furan rings is 1. The van der Waals surface area contributed by atoms with Crippen molar-refractivity contribution in [1.82, 2.24) is 5.32 Å². The van der Waals surface area contributed by atoms with Crippen LogP contribution in [0.5, 0.6) is 0 Å². The Labute approximate surface area is 228 Å². The predicted octanol–water partition coefficient (Wildman–Crippen LogP) is 6.35. The van der Waals surface area contributed by atoms with E-state index in [2.05, 4.69) is 16.7 Å². The summed E-state index contributed by atoms with van der Waals surface area (Å²) in [5.41, 5.74) is 2.05. The van der Waals surface area contributed by atoms with Crippen LogP contribution in [0.3, 0.4) is 0 Å². The first-order valence-electron chi connectivity index (χ1n) is 11.2. The molecule has 7 nitrogen and oxygen atoms in total. The maximum Gasteiger partial charge on any atom is 0.337 e. The minimum absolute atomic E-state index is 0.0436. The third-order valence-corrected chi connectivity index (χ3v) is 6.97. The van der Waals surface area contributed by atoms with Gasteiger partial charge in [0.15, 0.2) is 0 Å². The Morgan fingerprint density at radius 3 is 2.62 bits per heavy atom. The van der Waals surface area contributed by atoms with Gasteiger partial charge in [-0.15, -0.1) is 0 Å². The van der Waals surface area contributed by atoms with Crippen molar-refractivity contribution >= 4 is 58.2 Å². The minimum atomic E-state index is -0.830. The summed E-state index contributed by atoms with van der Waals surface area (Å²) >= 11 is 13.3. The molecule has 188 valence electrons. The van der Waals surface area contributed by atoms with Crippen LogP contribution < -0.4 is 10.6 Å². The lowest BCUT2D eigenvalue weighted by atomic mass is 9.84. The van der Waals surface area contributed by atoms with E-state index in [4.69, 9.17) is 32.4 Å². The number of esters is 1. The first-order valence-corrected chi connectivity index (χ1v) is 13.0. The van der Waals surface area contributed by atoms with Crippen molar-refractivity contribution in [2.75, 3.05) is 17.7 Å². The number of allylic oxidation sites excluding steroid dienone is 1. The standard InChI is InChI=1S/C27H21Cl2N3O4S/c1-2-35-27(34)24-23(21-9-6-12-36-21)18(14-30)26(32-25(24)16-7-4-3-5-8-16)37-15-22(33)31-20-13-17(28)10-11-19(20)29/h3-13,23,32H,2,15H2,1H3,(H,31,33). The average Bonchev–Trinajstić information content (AvgIpc) is 3.44. The van der Waals surface area contributed by atoms with Crippen LogP contribution in [0.15, 0.2) is 87.5 Å². The topological polar surface area (TPSA) is 104 Å². The number of nitrogens with one attached hydrogen (secondary N) is 2. The molecular formula is C27H21Cl2N3O4S. The maximum atomic E-state index is 13.2. The zero-order valence-electron chi connectivity index (χ0n) is 19.6. The van der Waals surface area contributed by atoms with Crippen molar-refractivity contribution in [2.45, 2.75) is 12.8 Å². The van der Waals surface area contributed by atoms with E-state index in [9.17, 15) is 14.9 Å². The number of hydrogen-bond acceptors (Lipinski definition) is 7. The van der Waals surface area contributed by atoms with Crippen molar-refractivity contribution in [2.24, 2.45) is 0 Å². The average molecular weight is 554 g/mol. The number of halogens is 2. The van der Waals surface area contributed by atoms with E-state index in [1.54, 1.807) is 37.3 Å². The van der Waals surface area contributed by atoms with E-state index in [1.165, 1.54) is 6.26 Å². The van der Waals surface area contributed by atoms with Crippen molar-refractivity contribution in [1.29, 1.82) is 5.26 Å². The van der Waals surface area contributed by atoms with Gasteiger partial charge < -0.3 is 19.8 Å². The first-order chi connectivity index (χ1) is 17.9. The highest BCUT2D eigenvalue weighted by atomic mass is 35.5. The van der Waals surface area contributed by atoms with Crippen molar-refractivity contribution < 1.29 is 18.7 Å². The summed E-state index contributed by atoms with van der Waals surface area (Å²) in [4.78, 5) is 26.0. The molecule has 3 aromatic rings. The van der Waals surface area contributed by atoms with E-state index < -0.39 is 11.9 Å². The number of nitrogens with zero attached hydrogens (tertiary/aromatic N) is 1. The molecule has 10 heteroatoms. The van der Waals surface area contributed by atoms with E-state index >= 15 is 0 Å². The Hall–Kier alpha value is -3.64. The number of hydrogen-bond donors (Lipinski definition) is 2. The summed E-state index contributed by atoms with van der Waals surface area (Å²) in [6.07, 6.45) is 1.48. The predicted molar refractivity (Wildman–Crippen MR) is 145 cm³/mol. The molecule has 37 heavy (non-hydrogen) atoms. The summed E-state index contributed by atoms with van der Waals surface area (Å²) in [5, 5.41) is 17.3. The molecule has 1 amide bonds. The van der Waals surface area contributed by atoms with Crippen molar-refractivity contribution in [3.8, 4) is 6.07 Å². The number of thioether (sulfide) groups is 1. The highest BCUT2D eigenvalue weighted by Crippen LogP contribution is 2.43. The second-order valence-corrected chi connectivity index (χ2v) is 9.59. The van der Waals surface area contributed by atoms with Crippen molar-refractivity contribution in [3.63, 3.8) is 0 Å². The summed E-state index contributed by atoms with van der Waals surface area (Å²) in [6.45, 7) is 1.88. The second kappa shape index (κ2) is 12.1. The fraction of sp³-hybridized carbons (Fsp3) is 0.148. The lowest BCUT2D eigenvalue weighted by Gasteiger charge is -2.29. The Morgan fingerprint density at radius 1 is 1.16 bits per heavy atom. The number of rotatable bonds is 8. The zero-order valence-corrected chi connectivity index (χ0v) is 21.9. The van der Waals surface area contributed by atoms with Crippen LogP contribution in [0, 0.1) is 11.3 Å². The summed E-state index contributed by atoms with van der Waals surface area (Å²) in [6, 6.07) is 19.6. The normalized spacial score (nSPS) is 15.1. The summed E-state index contributed by atoms with van der Waals surface area (Å²) < 4.78 is 11.0. The quantitative estimate of drug-likeness (QED) is 0.313. The van der Waals surface area contributed by atoms with Gasteiger partial charge in [0.2, 0.25) is 5.91 Å². The zero-order chi connectivity index (χ0) is 26.4. The van der Waals surface area contributed by atoms with Crippen LogP contribution in [0.1, 0.15) is 24.2 Å². The van der Waals surface area contributed by atoms with Gasteiger partial charge in [0.25, 0.3) is 0 Å². The number of nitriles is 1. The number of amides is 1. The molecule has 0 bridgehead atoms. The lowest BCUT2D eigenvalue weighted by Crippen LogP contribution is -2.29. The van der Waals surface area contributed by atoms with Crippen molar-refractivity contribution in [3.05, 3.63) is 104 Å². The Balaban J connectivity index is 1.71. The van der Waals surface area contributed by atoms with Gasteiger partial charge in [-0.3, -0.25) is 4.79 Å². The Morgan fingerprint density at radius 2 is 1.95 bits per heavy atom. The van der Waals surface area contributed by atoms with Gasteiger partial charge >= 0.3 is 5.97 Å². The summed E-state index contributed by atoms with van der Waals surface area (Å²) in [7, 11) is 0. The van der Waals surface area contributed by atoms with Gasteiger partial charge in [-0.1, -0.05) is 65.3 Å². The lowest BCUT2D eigenvalue weighted by molar-refractivity contribution is -0.138. The largest absolute Gasteiger partial charge is 0.468 e. The molecule has 1 aliphatic rings. The van der Waals surface area contributed by atoms with Gasteiger partial charge in [-0.05, 0) is 42.8 Å². The molecule has 1 atom stereocenters. The fourth-order valence-corrected chi connectivity index (χ4v) is 4.99. The van der Waals surface area contributed by atoms with Gasteiger partial charge in [0.05, 0.1) is 63.2 Å². The molecule has 0 saturated heterocycles. The van der Waals surface area contributed by atoms with Crippen LogP contribution in [-0.2, 0) is 14.3 Å². The molecule has 0 saturated carbocycles. The van der Waals surface area contributed by atoms with Crippen LogP contribution in [-0.4, -0.2) is 24.2 Å². The van der Waals surface area contributed by atoms with Gasteiger partial charge in [-0.2, -0.15) is 5.26 Å². The smallest absolute Gasteiger partial charge is 0.337 e. The molecule has 1 unspecified atom stereocenters. The number of benzene rings is 2. The highest BCUT2D eigenvalue weighted by Gasteiger charge is 2.38. The molecular weight excluding hydrogens is 533 g/mol. The minimum Gasteiger partial charge on any atom is -0.468 e. The number of carbonyl (C=O) groups is 2. The third kappa shape index (κ3) is 6.03. The highest BCUT2D eigenvalue weighted by molar-refractivity contribution is 8.03. The SMILES string of the molecule is CCOC(=O)C1=C(c2ccccc2)NC(SCC(=O)Nc2cc(Cl)ccc2Cl)=C(C#N)C1c1ccco1. The molecule has 2 aromatic carbocycles. The molecule has 4 rings (SSSR count). The van der Waals surface area contributed by atoms with Gasteiger partial charge in [0.1, 0.15) is 5.76 Å². The van der Waals surface area contributed by atoms with E-state index in [0.29, 0.717) is 37.8 Å². The fourth-order valence-electron chi connectivity index (χ4n) is 3.82. The van der Waals surface area contributed by atoms with Gasteiger partial charge in [-0.25, -0.2) is 4.79 Å². The Kier molecular flexibility index (Phi) is 8.62. The van der Waals surface area contributed by atoms with Gasteiger partial charge in [0, 0.05) is 5.02 Å². The monoisotopic (exact) mass is 553 g/mol. The Bertz CT molecular complexity index is 1410. The molecule has 2 N–H and O–H groups in total. The number of carbonyl (C=O) groups excluding carboxylic acids is 2. The molecule has 2 heterocycles. The third-order valence-electron chi connectivity index (χ3n) is 5.39. The summed E-state index contributed by atoms with van der Waals surface area (Å²) in [5.74, 6) is -1.39. The van der Waals surface area contributed by atoms with E-state index in [1.807, 2.05) is 30.3 Å². The molecule has 0 aliphatic carbocycles. The molecule has 1 aliphatic heterocycles. The van der Waals surface area contributed by atoms with E-state index in [0.717, 1.165) is 11.8 Å². The number of ether oxygens (including phenoxy) is 1. The van der Waals surface area contributed by atoms with Crippen LogP contribution in [0.4, 0.5) is 5.69 Å². The number of anilines is 1. The second-order valence-electron chi connectivity index (χ2n) is 7.76. The number of dihydropyridines is 1. The van der Waals surface area contributed by atoms with Crippen LogP contribution in [0.25, 0.3) is 5.70 Å².